The molecule has 2 saturated carbocycles. The van der Waals surface area contributed by atoms with Crippen molar-refractivity contribution in [3.8, 4) is 0 Å². The molecule has 0 aliphatic heterocycles. The van der Waals surface area contributed by atoms with Crippen LogP contribution in [0.25, 0.3) is 0 Å². The molecule has 4 nitrogen and oxygen atoms in total. The average Bonchev–Trinajstić information content (AvgIpc) is 2.99. The van der Waals surface area contributed by atoms with E-state index in [1.807, 2.05) is 13.8 Å². The predicted octanol–water partition coefficient (Wildman–Crippen LogP) is 2.20. The van der Waals surface area contributed by atoms with E-state index in [0.29, 0.717) is 6.42 Å². The lowest BCUT2D eigenvalue weighted by Crippen LogP contribution is -2.48. The molecule has 0 heterocycles. The van der Waals surface area contributed by atoms with Crippen LogP contribution < -0.4 is 10.9 Å². The minimum absolute atomic E-state index is 0.147. The van der Waals surface area contributed by atoms with Crippen molar-refractivity contribution in [2.24, 2.45) is 10.8 Å². The van der Waals surface area contributed by atoms with Gasteiger partial charge in [0, 0.05) is 4.83 Å². The Morgan fingerprint density at radius 1 is 1.18 bits per heavy atom. The van der Waals surface area contributed by atoms with Gasteiger partial charge in [0.1, 0.15) is 0 Å². The van der Waals surface area contributed by atoms with Crippen molar-refractivity contribution >= 4 is 59.6 Å². The van der Waals surface area contributed by atoms with Crippen LogP contribution in [0.1, 0.15) is 26.7 Å². The van der Waals surface area contributed by atoms with Crippen molar-refractivity contribution in [2.75, 3.05) is 0 Å². The number of nitrogens with one attached hydrogen (secondary N) is 2. The zero-order chi connectivity index (χ0) is 13.1. The van der Waals surface area contributed by atoms with Crippen molar-refractivity contribution in [1.29, 1.82) is 0 Å². The van der Waals surface area contributed by atoms with E-state index in [-0.39, 0.29) is 19.9 Å². The van der Waals surface area contributed by atoms with Crippen molar-refractivity contribution < 1.29 is 9.59 Å². The Balaban J connectivity index is 1.84. The monoisotopic (exact) mass is 430 g/mol. The van der Waals surface area contributed by atoms with Gasteiger partial charge in [-0.25, -0.2) is 0 Å². The molecule has 17 heavy (non-hydrogen) atoms. The van der Waals surface area contributed by atoms with Crippen molar-refractivity contribution in [1.82, 2.24) is 10.9 Å². The maximum absolute atomic E-state index is 11.9. The zero-order valence-corrected chi connectivity index (χ0v) is 14.2. The van der Waals surface area contributed by atoms with Gasteiger partial charge in [0.2, 0.25) is 11.8 Å². The number of halogens is 3. The van der Waals surface area contributed by atoms with Gasteiger partial charge in [-0.05, 0) is 26.7 Å². The smallest absolute Gasteiger partial charge is 0.246 e. The molecule has 2 N–H and O–H groups in total. The topological polar surface area (TPSA) is 58.2 Å². The lowest BCUT2D eigenvalue weighted by atomic mass is 10.1. The largest absolute Gasteiger partial charge is 0.273 e. The fourth-order valence-corrected chi connectivity index (χ4v) is 3.95. The Morgan fingerprint density at radius 3 is 1.94 bits per heavy atom. The number of carbonyl (C=O) groups excluding carboxylic acids is 2. The average molecular weight is 433 g/mol. The molecule has 0 saturated heterocycles. The highest BCUT2D eigenvalue weighted by Crippen LogP contribution is 2.66. The molecule has 2 aliphatic rings. The number of rotatable bonds is 2. The van der Waals surface area contributed by atoms with E-state index in [9.17, 15) is 9.59 Å². The van der Waals surface area contributed by atoms with Crippen LogP contribution in [0.2, 0.25) is 0 Å². The Bertz CT molecular complexity index is 401. The van der Waals surface area contributed by atoms with Gasteiger partial charge in [0.05, 0.1) is 14.1 Å². The van der Waals surface area contributed by atoms with Crippen molar-refractivity contribution in [3.05, 3.63) is 0 Å². The van der Waals surface area contributed by atoms with Gasteiger partial charge in [-0.15, -0.1) is 0 Å². The van der Waals surface area contributed by atoms with Crippen molar-refractivity contribution in [3.63, 3.8) is 0 Å². The molecule has 2 aliphatic carbocycles. The molecule has 3 atom stereocenters. The number of alkyl halides is 3. The van der Waals surface area contributed by atoms with Gasteiger partial charge >= 0.3 is 0 Å². The molecule has 0 bridgehead atoms. The van der Waals surface area contributed by atoms with E-state index in [2.05, 4.69) is 58.6 Å². The number of hydrazine groups is 1. The molecule has 0 aromatic carbocycles. The SMILES string of the molecule is C[C@@]1(C(=O)NNC(=O)[C@@]2(C)CC2(Br)Br)C[C@H]1Br. The Kier molecular flexibility index (Phi) is 3.19. The standard InChI is InChI=1S/C10H13Br3N2O2/c1-8(3-5(8)11)6(16)14-15-7(17)9(2)4-10(9,12)13/h5H,3-4H2,1-2H3,(H,14,16)(H,15,17)/t5-,8-,9-/m1/s1. The summed E-state index contributed by atoms with van der Waals surface area (Å²) in [5, 5.41) is 0. The number of amides is 2. The van der Waals surface area contributed by atoms with E-state index in [4.69, 9.17) is 0 Å². The Labute approximate surface area is 125 Å². The fourth-order valence-electron chi connectivity index (χ4n) is 1.59. The summed E-state index contributed by atoms with van der Waals surface area (Å²) >= 11 is 10.2. The third-order valence-electron chi connectivity index (χ3n) is 3.70. The van der Waals surface area contributed by atoms with Gasteiger partial charge in [0.25, 0.3) is 0 Å². The summed E-state index contributed by atoms with van der Waals surface area (Å²) in [5.41, 5.74) is 4.07. The molecule has 2 amide bonds. The zero-order valence-electron chi connectivity index (χ0n) is 9.44. The molecule has 0 aromatic heterocycles. The van der Waals surface area contributed by atoms with Crippen LogP contribution in [0.15, 0.2) is 0 Å². The van der Waals surface area contributed by atoms with Gasteiger partial charge in [0.15, 0.2) is 0 Å². The number of carbonyl (C=O) groups is 2. The summed E-state index contributed by atoms with van der Waals surface area (Å²) in [6.45, 7) is 3.70. The lowest BCUT2D eigenvalue weighted by molar-refractivity contribution is -0.133. The fraction of sp³-hybridized carbons (Fsp3) is 0.800. The maximum Gasteiger partial charge on any atom is 0.246 e. The molecular formula is C10H13Br3N2O2. The van der Waals surface area contributed by atoms with E-state index < -0.39 is 10.8 Å². The molecule has 7 heteroatoms. The minimum atomic E-state index is -0.515. The molecule has 96 valence electrons. The van der Waals surface area contributed by atoms with E-state index in [1.165, 1.54) is 0 Å². The number of hydrogen-bond acceptors (Lipinski definition) is 2. The molecule has 0 radical (unpaired) electrons. The minimum Gasteiger partial charge on any atom is -0.273 e. The molecule has 2 rings (SSSR count). The van der Waals surface area contributed by atoms with Gasteiger partial charge in [-0.3, -0.25) is 20.4 Å². The summed E-state index contributed by atoms with van der Waals surface area (Å²) in [5.74, 6) is -0.332. The highest BCUT2D eigenvalue weighted by Gasteiger charge is 2.67. The van der Waals surface area contributed by atoms with Gasteiger partial charge < -0.3 is 0 Å². The van der Waals surface area contributed by atoms with E-state index in [1.54, 1.807) is 0 Å². The first-order chi connectivity index (χ1) is 7.63. The van der Waals surface area contributed by atoms with Crippen LogP contribution in [0, 0.1) is 10.8 Å². The van der Waals surface area contributed by atoms with E-state index >= 15 is 0 Å². The first-order valence-corrected chi connectivity index (χ1v) is 7.76. The summed E-state index contributed by atoms with van der Waals surface area (Å²) in [7, 11) is 0. The lowest BCUT2D eigenvalue weighted by Gasteiger charge is -2.15. The highest BCUT2D eigenvalue weighted by molar-refractivity contribution is 9.25. The van der Waals surface area contributed by atoms with Crippen LogP contribution in [-0.4, -0.2) is 19.9 Å². The Morgan fingerprint density at radius 2 is 1.59 bits per heavy atom. The van der Waals surface area contributed by atoms with Gasteiger partial charge in [-0.2, -0.15) is 0 Å². The summed E-state index contributed by atoms with van der Waals surface area (Å²) in [6.07, 6.45) is 1.49. The third kappa shape index (κ3) is 2.18. The molecule has 0 spiro atoms. The summed E-state index contributed by atoms with van der Waals surface area (Å²) in [6, 6.07) is 0. The van der Waals surface area contributed by atoms with Crippen LogP contribution in [-0.2, 0) is 9.59 Å². The van der Waals surface area contributed by atoms with Crippen LogP contribution >= 0.6 is 47.8 Å². The highest BCUT2D eigenvalue weighted by atomic mass is 79.9. The number of hydrogen-bond donors (Lipinski definition) is 2. The first-order valence-electron chi connectivity index (χ1n) is 5.26. The van der Waals surface area contributed by atoms with Crippen molar-refractivity contribution in [2.45, 2.75) is 34.7 Å². The van der Waals surface area contributed by atoms with Crippen LogP contribution in [0.5, 0.6) is 0 Å². The molecule has 0 unspecified atom stereocenters. The quantitative estimate of drug-likeness (QED) is 0.519. The van der Waals surface area contributed by atoms with Crippen LogP contribution in [0.3, 0.4) is 0 Å². The third-order valence-corrected chi connectivity index (χ3v) is 7.35. The summed E-state index contributed by atoms with van der Waals surface area (Å²) < 4.78 is -0.344. The van der Waals surface area contributed by atoms with E-state index in [0.717, 1.165) is 6.42 Å². The van der Waals surface area contributed by atoms with Crippen LogP contribution in [0.4, 0.5) is 0 Å². The second-order valence-corrected chi connectivity index (χ2v) is 10.1. The molecule has 0 aromatic rings. The maximum atomic E-state index is 11.9. The predicted molar refractivity (Wildman–Crippen MR) is 75.0 cm³/mol. The second-order valence-electron chi connectivity index (χ2n) is 5.21. The second kappa shape index (κ2) is 3.93. The Hall–Kier alpha value is 0.380. The first kappa shape index (κ1) is 13.8. The van der Waals surface area contributed by atoms with Gasteiger partial charge in [-0.1, -0.05) is 47.8 Å². The normalized spacial score (nSPS) is 41.6. The molecule has 2 fully saturated rings. The molecular weight excluding hydrogens is 420 g/mol. The summed E-state index contributed by atoms with van der Waals surface area (Å²) in [4.78, 5) is 23.9.